The van der Waals surface area contributed by atoms with Gasteiger partial charge in [0.1, 0.15) is 6.04 Å². The Kier molecular flexibility index (Phi) is 5.20. The van der Waals surface area contributed by atoms with Crippen molar-refractivity contribution < 1.29 is 23.4 Å². The molecule has 0 amide bonds. The van der Waals surface area contributed by atoms with Gasteiger partial charge in [-0.15, -0.1) is 0 Å². The van der Waals surface area contributed by atoms with Gasteiger partial charge in [0.15, 0.2) is 0 Å². The summed E-state index contributed by atoms with van der Waals surface area (Å²) in [5.41, 5.74) is 0. The second-order valence-corrected chi connectivity index (χ2v) is 6.48. The van der Waals surface area contributed by atoms with E-state index in [2.05, 4.69) is 0 Å². The van der Waals surface area contributed by atoms with Crippen LogP contribution in [0.1, 0.15) is 39.5 Å². The average molecular weight is 305 g/mol. The molecule has 2 heterocycles. The molecule has 0 aromatic carbocycles. The van der Waals surface area contributed by atoms with Crippen molar-refractivity contribution in [2.75, 3.05) is 19.8 Å². The molecule has 0 aliphatic carbocycles. The standard InChI is InChI=1S/C15H25F2NO3/c1-10(2)13(14(19)20)18-7-3-4-12(18)15(16,17)11-5-8-21-9-6-11/h10-13H,3-9H2,1-2H3,(H,19,20). The lowest BCUT2D eigenvalue weighted by molar-refractivity contribution is -0.162. The maximum atomic E-state index is 14.9. The van der Waals surface area contributed by atoms with Gasteiger partial charge in [-0.1, -0.05) is 13.8 Å². The number of rotatable bonds is 5. The number of likely N-dealkylation sites (tertiary alicyclic amines) is 1. The first-order valence-corrected chi connectivity index (χ1v) is 7.79. The van der Waals surface area contributed by atoms with Gasteiger partial charge < -0.3 is 9.84 Å². The van der Waals surface area contributed by atoms with Gasteiger partial charge >= 0.3 is 5.97 Å². The largest absolute Gasteiger partial charge is 0.480 e. The minimum absolute atomic E-state index is 0.186. The Morgan fingerprint density at radius 2 is 1.90 bits per heavy atom. The van der Waals surface area contributed by atoms with Gasteiger partial charge in [0.2, 0.25) is 0 Å². The van der Waals surface area contributed by atoms with E-state index in [1.807, 2.05) is 0 Å². The normalized spacial score (nSPS) is 27.2. The van der Waals surface area contributed by atoms with Crippen LogP contribution in [-0.2, 0) is 9.53 Å². The fourth-order valence-corrected chi connectivity index (χ4v) is 3.70. The summed E-state index contributed by atoms with van der Waals surface area (Å²) in [6.07, 6.45) is 1.73. The molecule has 0 saturated carbocycles. The van der Waals surface area contributed by atoms with Crippen LogP contribution in [-0.4, -0.2) is 53.7 Å². The van der Waals surface area contributed by atoms with Crippen LogP contribution < -0.4 is 0 Å². The highest BCUT2D eigenvalue weighted by Crippen LogP contribution is 2.42. The quantitative estimate of drug-likeness (QED) is 0.848. The van der Waals surface area contributed by atoms with E-state index >= 15 is 0 Å². The highest BCUT2D eigenvalue weighted by Gasteiger charge is 2.53. The summed E-state index contributed by atoms with van der Waals surface area (Å²) in [5.74, 6) is -4.73. The Morgan fingerprint density at radius 3 is 2.43 bits per heavy atom. The van der Waals surface area contributed by atoms with E-state index in [0.29, 0.717) is 45.4 Å². The molecule has 1 N–H and O–H groups in total. The first-order chi connectivity index (χ1) is 9.85. The Labute approximate surface area is 124 Å². The number of hydrogen-bond donors (Lipinski definition) is 1. The second kappa shape index (κ2) is 6.57. The molecule has 0 bridgehead atoms. The molecule has 0 aromatic heterocycles. The predicted molar refractivity (Wildman–Crippen MR) is 74.5 cm³/mol. The van der Waals surface area contributed by atoms with Crippen molar-refractivity contribution >= 4 is 5.97 Å². The van der Waals surface area contributed by atoms with E-state index in [9.17, 15) is 18.7 Å². The zero-order chi connectivity index (χ0) is 15.6. The molecule has 2 aliphatic heterocycles. The van der Waals surface area contributed by atoms with Crippen LogP contribution in [0.25, 0.3) is 0 Å². The van der Waals surface area contributed by atoms with E-state index in [1.165, 1.54) is 4.90 Å². The molecule has 6 heteroatoms. The molecule has 2 aliphatic rings. The minimum atomic E-state index is -2.84. The van der Waals surface area contributed by atoms with Crippen LogP contribution >= 0.6 is 0 Å². The maximum absolute atomic E-state index is 14.9. The SMILES string of the molecule is CC(C)C(C(=O)O)N1CCCC1C(F)(F)C1CCOCC1. The van der Waals surface area contributed by atoms with E-state index < -0.39 is 29.9 Å². The molecular weight excluding hydrogens is 280 g/mol. The summed E-state index contributed by atoms with van der Waals surface area (Å²) >= 11 is 0. The lowest BCUT2D eigenvalue weighted by atomic mass is 9.86. The molecule has 0 spiro atoms. The third kappa shape index (κ3) is 3.37. The third-order valence-corrected chi connectivity index (χ3v) is 4.75. The van der Waals surface area contributed by atoms with Crippen LogP contribution in [0, 0.1) is 11.8 Å². The fourth-order valence-electron chi connectivity index (χ4n) is 3.70. The monoisotopic (exact) mass is 305 g/mol. The van der Waals surface area contributed by atoms with Gasteiger partial charge in [-0.2, -0.15) is 0 Å². The molecule has 2 atom stereocenters. The summed E-state index contributed by atoms with van der Waals surface area (Å²) in [6.45, 7) is 4.75. The average Bonchev–Trinajstić information content (AvgIpc) is 2.88. The zero-order valence-corrected chi connectivity index (χ0v) is 12.7. The van der Waals surface area contributed by atoms with Crippen LogP contribution in [0.4, 0.5) is 8.78 Å². The van der Waals surface area contributed by atoms with Gasteiger partial charge in [0, 0.05) is 19.1 Å². The van der Waals surface area contributed by atoms with E-state index in [0.717, 1.165) is 0 Å². The number of aliphatic carboxylic acids is 1. The number of nitrogens with zero attached hydrogens (tertiary/aromatic N) is 1. The molecule has 2 unspecified atom stereocenters. The van der Waals surface area contributed by atoms with Gasteiger partial charge in [0.05, 0.1) is 6.04 Å². The number of carboxylic acid groups (broad SMARTS) is 1. The van der Waals surface area contributed by atoms with Crippen molar-refractivity contribution in [1.29, 1.82) is 0 Å². The van der Waals surface area contributed by atoms with Crippen molar-refractivity contribution in [1.82, 2.24) is 4.90 Å². The van der Waals surface area contributed by atoms with E-state index in [4.69, 9.17) is 4.74 Å². The summed E-state index contributed by atoms with van der Waals surface area (Å²) in [5, 5.41) is 9.39. The molecule has 0 aromatic rings. The Bertz CT molecular complexity index is 370. The molecule has 4 nitrogen and oxygen atoms in total. The van der Waals surface area contributed by atoms with E-state index in [1.54, 1.807) is 13.8 Å². The van der Waals surface area contributed by atoms with Crippen molar-refractivity contribution in [3.63, 3.8) is 0 Å². The second-order valence-electron chi connectivity index (χ2n) is 6.48. The minimum Gasteiger partial charge on any atom is -0.480 e. The molecule has 2 saturated heterocycles. The lowest BCUT2D eigenvalue weighted by Gasteiger charge is -2.40. The summed E-state index contributed by atoms with van der Waals surface area (Å²) < 4.78 is 34.9. The zero-order valence-electron chi connectivity index (χ0n) is 12.7. The topological polar surface area (TPSA) is 49.8 Å². The van der Waals surface area contributed by atoms with Crippen molar-refractivity contribution in [3.05, 3.63) is 0 Å². The molecule has 2 fully saturated rings. The predicted octanol–water partition coefficient (Wildman–Crippen LogP) is 2.62. The van der Waals surface area contributed by atoms with Crippen molar-refractivity contribution in [2.24, 2.45) is 11.8 Å². The Morgan fingerprint density at radius 1 is 1.29 bits per heavy atom. The first kappa shape index (κ1) is 16.6. The maximum Gasteiger partial charge on any atom is 0.321 e. The smallest absolute Gasteiger partial charge is 0.321 e. The van der Waals surface area contributed by atoms with E-state index in [-0.39, 0.29) is 5.92 Å². The molecular formula is C15H25F2NO3. The van der Waals surface area contributed by atoms with Crippen LogP contribution in [0.3, 0.4) is 0 Å². The summed E-state index contributed by atoms with van der Waals surface area (Å²) in [6, 6.07) is -1.78. The van der Waals surface area contributed by atoms with Crippen molar-refractivity contribution in [2.45, 2.75) is 57.5 Å². The first-order valence-electron chi connectivity index (χ1n) is 7.79. The third-order valence-electron chi connectivity index (χ3n) is 4.75. The van der Waals surface area contributed by atoms with Crippen LogP contribution in [0.5, 0.6) is 0 Å². The van der Waals surface area contributed by atoms with Gasteiger partial charge in [-0.25, -0.2) is 8.78 Å². The molecule has 0 radical (unpaired) electrons. The summed E-state index contributed by atoms with van der Waals surface area (Å²) in [4.78, 5) is 13.0. The van der Waals surface area contributed by atoms with Gasteiger partial charge in [-0.05, 0) is 38.1 Å². The van der Waals surface area contributed by atoms with Crippen LogP contribution in [0.2, 0.25) is 0 Å². The number of hydrogen-bond acceptors (Lipinski definition) is 3. The highest BCUT2D eigenvalue weighted by molar-refractivity contribution is 5.74. The van der Waals surface area contributed by atoms with Gasteiger partial charge in [0.25, 0.3) is 5.92 Å². The van der Waals surface area contributed by atoms with Crippen molar-refractivity contribution in [3.8, 4) is 0 Å². The molecule has 2 rings (SSSR count). The number of alkyl halides is 2. The lowest BCUT2D eigenvalue weighted by Crippen LogP contribution is -2.56. The molecule has 122 valence electrons. The van der Waals surface area contributed by atoms with Gasteiger partial charge in [-0.3, -0.25) is 9.69 Å². The number of carbonyl (C=O) groups is 1. The fraction of sp³-hybridized carbons (Fsp3) is 0.933. The number of ether oxygens (including phenoxy) is 1. The Hall–Kier alpha value is -0.750. The number of carboxylic acids is 1. The highest BCUT2D eigenvalue weighted by atomic mass is 19.3. The molecule has 21 heavy (non-hydrogen) atoms. The van der Waals surface area contributed by atoms with Crippen LogP contribution in [0.15, 0.2) is 0 Å². The summed E-state index contributed by atoms with van der Waals surface area (Å²) in [7, 11) is 0. The number of halogens is 2. The Balaban J connectivity index is 2.18.